The van der Waals surface area contributed by atoms with Crippen LogP contribution in [0.15, 0.2) is 24.3 Å². The molecular weight excluding hydrogens is 243 g/mol. The third kappa shape index (κ3) is 3.92. The van der Waals surface area contributed by atoms with Gasteiger partial charge < -0.3 is 0 Å². The average Bonchev–Trinajstić information content (AvgIpc) is 2.13. The van der Waals surface area contributed by atoms with Gasteiger partial charge in [0.05, 0.1) is 5.56 Å². The highest BCUT2D eigenvalue weighted by Gasteiger charge is 2.29. The summed E-state index contributed by atoms with van der Waals surface area (Å²) < 4.78 is 57.3. The van der Waals surface area contributed by atoms with Crippen LogP contribution in [0.3, 0.4) is 0 Å². The largest absolute Gasteiger partial charge is 0.416 e. The van der Waals surface area contributed by atoms with E-state index in [4.69, 9.17) is 0 Å². The molecule has 1 rings (SSSR count). The first-order valence-electron chi connectivity index (χ1n) is 3.91. The van der Waals surface area contributed by atoms with Crippen LogP contribution in [0.2, 0.25) is 0 Å². The summed E-state index contributed by atoms with van der Waals surface area (Å²) in [7, 11) is -3.94. The summed E-state index contributed by atoms with van der Waals surface area (Å²) in [5.74, 6) is 2.13. The summed E-state index contributed by atoms with van der Waals surface area (Å²) in [5.41, 5.74) is -0.685. The Morgan fingerprint density at radius 3 is 2.00 bits per heavy atom. The number of hydrogen-bond donors (Lipinski definition) is 1. The van der Waals surface area contributed by atoms with Crippen LogP contribution in [0.1, 0.15) is 11.1 Å². The van der Waals surface area contributed by atoms with Gasteiger partial charge >= 0.3 is 6.18 Å². The SMILES string of the molecule is NS(=O)(=O)C#Cc1ccc(C(F)(F)F)cc1. The van der Waals surface area contributed by atoms with E-state index in [2.05, 4.69) is 11.1 Å². The van der Waals surface area contributed by atoms with Gasteiger partial charge in [-0.2, -0.15) is 21.6 Å². The Morgan fingerprint density at radius 2 is 1.62 bits per heavy atom. The lowest BCUT2D eigenvalue weighted by molar-refractivity contribution is -0.137. The second kappa shape index (κ2) is 4.15. The van der Waals surface area contributed by atoms with E-state index in [1.807, 2.05) is 0 Å². The van der Waals surface area contributed by atoms with Crippen LogP contribution in [0.4, 0.5) is 13.2 Å². The molecule has 0 aromatic heterocycles. The summed E-state index contributed by atoms with van der Waals surface area (Å²) in [5, 5.41) is 6.32. The number of hydrogen-bond acceptors (Lipinski definition) is 2. The number of rotatable bonds is 0. The molecule has 0 bridgehead atoms. The molecule has 86 valence electrons. The molecule has 0 spiro atoms. The fraction of sp³-hybridized carbons (Fsp3) is 0.111. The van der Waals surface area contributed by atoms with Crippen LogP contribution in [0.5, 0.6) is 0 Å². The zero-order valence-electron chi connectivity index (χ0n) is 7.75. The first-order valence-corrected chi connectivity index (χ1v) is 5.46. The molecule has 1 aromatic carbocycles. The van der Waals surface area contributed by atoms with E-state index in [9.17, 15) is 21.6 Å². The number of nitrogens with two attached hydrogens (primary N) is 1. The summed E-state index contributed by atoms with van der Waals surface area (Å²) in [6.07, 6.45) is -4.42. The van der Waals surface area contributed by atoms with Gasteiger partial charge in [-0.1, -0.05) is 0 Å². The van der Waals surface area contributed by atoms with Crippen LogP contribution in [-0.2, 0) is 16.2 Å². The third-order valence-electron chi connectivity index (χ3n) is 1.55. The monoisotopic (exact) mass is 249 g/mol. The molecule has 0 saturated heterocycles. The van der Waals surface area contributed by atoms with Crippen molar-refractivity contribution in [3.63, 3.8) is 0 Å². The smallest absolute Gasteiger partial charge is 0.218 e. The van der Waals surface area contributed by atoms with Gasteiger partial charge in [-0.05, 0) is 30.2 Å². The Hall–Kier alpha value is -1.52. The molecule has 0 fully saturated rings. The molecular formula is C9H6F3NO2S. The van der Waals surface area contributed by atoms with E-state index >= 15 is 0 Å². The van der Waals surface area contributed by atoms with Gasteiger partial charge in [0.15, 0.2) is 0 Å². The van der Waals surface area contributed by atoms with Crippen molar-refractivity contribution < 1.29 is 21.6 Å². The summed E-state index contributed by atoms with van der Waals surface area (Å²) in [6.45, 7) is 0. The second-order valence-electron chi connectivity index (χ2n) is 2.85. The zero-order chi connectivity index (χ0) is 12.4. The standard InChI is InChI=1S/C9H6F3NO2S/c10-9(11,12)8-3-1-7(2-4-8)5-6-16(13,14)15/h1-4H,(H2,13,14,15). The highest BCUT2D eigenvalue weighted by molar-refractivity contribution is 7.93. The predicted molar refractivity (Wildman–Crippen MR) is 51.4 cm³/mol. The third-order valence-corrected chi connectivity index (χ3v) is 1.94. The molecule has 0 unspecified atom stereocenters. The Morgan fingerprint density at radius 1 is 1.12 bits per heavy atom. The van der Waals surface area contributed by atoms with Crippen molar-refractivity contribution in [2.75, 3.05) is 0 Å². The molecule has 16 heavy (non-hydrogen) atoms. The molecule has 2 N–H and O–H groups in total. The van der Waals surface area contributed by atoms with Gasteiger partial charge in [-0.25, -0.2) is 5.14 Å². The predicted octanol–water partition coefficient (Wildman–Crippen LogP) is 1.30. The van der Waals surface area contributed by atoms with E-state index in [0.29, 0.717) is 0 Å². The van der Waals surface area contributed by atoms with Crippen molar-refractivity contribution in [2.45, 2.75) is 6.18 Å². The van der Waals surface area contributed by atoms with Crippen molar-refractivity contribution in [2.24, 2.45) is 5.14 Å². The van der Waals surface area contributed by atoms with Crippen molar-refractivity contribution in [1.29, 1.82) is 0 Å². The fourth-order valence-corrected chi connectivity index (χ4v) is 1.13. The highest BCUT2D eigenvalue weighted by atomic mass is 32.2. The maximum atomic E-state index is 12.1. The number of alkyl halides is 3. The van der Waals surface area contributed by atoms with E-state index in [-0.39, 0.29) is 5.56 Å². The second-order valence-corrected chi connectivity index (χ2v) is 4.14. The van der Waals surface area contributed by atoms with Crippen LogP contribution < -0.4 is 5.14 Å². The van der Waals surface area contributed by atoms with E-state index in [0.717, 1.165) is 24.3 Å². The Balaban J connectivity index is 3.00. The molecule has 0 heterocycles. The number of primary sulfonamides is 1. The molecule has 0 aliphatic rings. The van der Waals surface area contributed by atoms with Crippen LogP contribution in [0, 0.1) is 11.2 Å². The molecule has 1 aromatic rings. The normalized spacial score (nSPS) is 11.8. The molecule has 0 atom stereocenters. The van der Waals surface area contributed by atoms with Crippen LogP contribution in [-0.4, -0.2) is 8.42 Å². The molecule has 0 radical (unpaired) electrons. The van der Waals surface area contributed by atoms with Gasteiger partial charge in [0.2, 0.25) is 0 Å². The summed E-state index contributed by atoms with van der Waals surface area (Å²) in [6, 6.07) is 3.77. The minimum Gasteiger partial charge on any atom is -0.218 e. The lowest BCUT2D eigenvalue weighted by Crippen LogP contribution is -2.07. The van der Waals surface area contributed by atoms with Gasteiger partial charge in [-0.15, -0.1) is 0 Å². The van der Waals surface area contributed by atoms with Crippen molar-refractivity contribution in [3.8, 4) is 11.2 Å². The van der Waals surface area contributed by atoms with Crippen LogP contribution in [0.25, 0.3) is 0 Å². The van der Waals surface area contributed by atoms with E-state index in [1.165, 1.54) is 0 Å². The topological polar surface area (TPSA) is 60.2 Å². The maximum Gasteiger partial charge on any atom is 0.416 e. The van der Waals surface area contributed by atoms with Crippen molar-refractivity contribution >= 4 is 10.0 Å². The lowest BCUT2D eigenvalue weighted by atomic mass is 10.1. The first-order chi connectivity index (χ1) is 7.18. The maximum absolute atomic E-state index is 12.1. The zero-order valence-corrected chi connectivity index (χ0v) is 8.56. The molecule has 0 aliphatic heterocycles. The first kappa shape index (κ1) is 12.5. The summed E-state index contributed by atoms with van der Waals surface area (Å²) in [4.78, 5) is 0. The minimum atomic E-state index is -4.42. The number of sulfonamides is 1. The van der Waals surface area contributed by atoms with E-state index in [1.54, 1.807) is 5.25 Å². The highest BCUT2D eigenvalue weighted by Crippen LogP contribution is 2.28. The minimum absolute atomic E-state index is 0.141. The quantitative estimate of drug-likeness (QED) is 0.704. The Bertz CT molecular complexity index is 535. The fourth-order valence-electron chi connectivity index (χ4n) is 0.873. The number of halogens is 3. The average molecular weight is 249 g/mol. The Kier molecular flexibility index (Phi) is 3.26. The van der Waals surface area contributed by atoms with Crippen LogP contribution >= 0.6 is 0 Å². The van der Waals surface area contributed by atoms with Gasteiger partial charge in [0, 0.05) is 10.8 Å². The van der Waals surface area contributed by atoms with Gasteiger partial charge in [-0.3, -0.25) is 0 Å². The van der Waals surface area contributed by atoms with Gasteiger partial charge in [0.25, 0.3) is 10.0 Å². The van der Waals surface area contributed by atoms with Crippen molar-refractivity contribution in [3.05, 3.63) is 35.4 Å². The summed E-state index contributed by atoms with van der Waals surface area (Å²) >= 11 is 0. The molecule has 7 heteroatoms. The molecule has 0 amide bonds. The van der Waals surface area contributed by atoms with E-state index < -0.39 is 21.8 Å². The van der Waals surface area contributed by atoms with Gasteiger partial charge in [0.1, 0.15) is 0 Å². The van der Waals surface area contributed by atoms with Crippen molar-refractivity contribution in [1.82, 2.24) is 0 Å². The lowest BCUT2D eigenvalue weighted by Gasteiger charge is -2.05. The molecule has 0 aliphatic carbocycles. The number of benzene rings is 1. The molecule has 3 nitrogen and oxygen atoms in total. The molecule has 0 saturated carbocycles. The Labute approximate surface area is 90.1 Å².